The Kier molecular flexibility index (Phi) is 5.71. The Hall–Kier alpha value is -2.61. The minimum absolute atomic E-state index is 0.0374. The van der Waals surface area contributed by atoms with Crippen molar-refractivity contribution >= 4 is 16.8 Å². The fourth-order valence-electron chi connectivity index (χ4n) is 3.92. The molecule has 29 heavy (non-hydrogen) atoms. The highest BCUT2D eigenvalue weighted by molar-refractivity contribution is 5.85. The van der Waals surface area contributed by atoms with Gasteiger partial charge in [0.15, 0.2) is 5.78 Å². The number of hydrogen-bond acceptors (Lipinski definition) is 5. The Bertz CT molecular complexity index is 1020. The second-order valence-corrected chi connectivity index (χ2v) is 7.50. The average Bonchev–Trinajstić information content (AvgIpc) is 3.07. The summed E-state index contributed by atoms with van der Waals surface area (Å²) < 4.78 is 15.0. The van der Waals surface area contributed by atoms with Crippen molar-refractivity contribution in [3.05, 3.63) is 54.1 Å². The number of ketones is 1. The van der Waals surface area contributed by atoms with Crippen LogP contribution in [0.5, 0.6) is 0 Å². The first-order chi connectivity index (χ1) is 14.0. The molecule has 1 fully saturated rings. The third-order valence-electron chi connectivity index (χ3n) is 5.48. The van der Waals surface area contributed by atoms with Crippen LogP contribution in [0.2, 0.25) is 0 Å². The molecule has 2 heterocycles. The first-order valence-corrected chi connectivity index (χ1v) is 9.84. The maximum absolute atomic E-state index is 13.2. The number of halogens is 1. The smallest absolute Gasteiger partial charge is 0.154 e. The first-order valence-electron chi connectivity index (χ1n) is 9.84. The number of hydrogen-bond donors (Lipinski definition) is 3. The minimum Gasteiger partial charge on any atom is -0.391 e. The van der Waals surface area contributed by atoms with Gasteiger partial charge < -0.3 is 20.1 Å². The van der Waals surface area contributed by atoms with Crippen LogP contribution in [-0.2, 0) is 17.9 Å². The SMILES string of the molecule is O=C(CC1NCCCC1O)Cn1c(CO)nc2ccc(-c3ccc(F)cc3)cc21. The van der Waals surface area contributed by atoms with Crippen molar-refractivity contribution in [2.45, 2.75) is 44.6 Å². The minimum atomic E-state index is -0.519. The van der Waals surface area contributed by atoms with Crippen LogP contribution < -0.4 is 5.32 Å². The van der Waals surface area contributed by atoms with Gasteiger partial charge in [-0.25, -0.2) is 9.37 Å². The predicted octanol–water partition coefficient (Wildman–Crippen LogP) is 2.41. The molecule has 152 valence electrons. The van der Waals surface area contributed by atoms with Crippen LogP contribution >= 0.6 is 0 Å². The van der Waals surface area contributed by atoms with E-state index < -0.39 is 6.10 Å². The molecule has 3 N–H and O–H groups in total. The second kappa shape index (κ2) is 8.41. The summed E-state index contributed by atoms with van der Waals surface area (Å²) in [4.78, 5) is 17.1. The highest BCUT2D eigenvalue weighted by Crippen LogP contribution is 2.26. The number of carbonyl (C=O) groups excluding carboxylic acids is 1. The number of aliphatic hydroxyl groups is 2. The van der Waals surface area contributed by atoms with Gasteiger partial charge in [-0.2, -0.15) is 0 Å². The van der Waals surface area contributed by atoms with Gasteiger partial charge in [0.25, 0.3) is 0 Å². The lowest BCUT2D eigenvalue weighted by Gasteiger charge is -2.28. The molecule has 0 amide bonds. The highest BCUT2D eigenvalue weighted by Gasteiger charge is 2.25. The molecule has 0 bridgehead atoms. The largest absolute Gasteiger partial charge is 0.391 e. The zero-order valence-corrected chi connectivity index (χ0v) is 16.0. The Labute approximate surface area is 168 Å². The molecular formula is C22H24FN3O3. The maximum Gasteiger partial charge on any atom is 0.154 e. The van der Waals surface area contributed by atoms with Crippen molar-refractivity contribution in [2.75, 3.05) is 6.54 Å². The van der Waals surface area contributed by atoms with Crippen molar-refractivity contribution in [1.29, 1.82) is 0 Å². The molecule has 7 heteroatoms. The van der Waals surface area contributed by atoms with E-state index in [1.165, 1.54) is 12.1 Å². The van der Waals surface area contributed by atoms with Gasteiger partial charge in [0.05, 0.1) is 23.7 Å². The standard InChI is InChI=1S/C22H24FN3O3/c23-16-6-3-14(4-7-16)15-5-8-18-20(10-15)26(22(13-27)25-18)12-17(28)11-19-21(29)2-1-9-24-19/h3-8,10,19,21,24,27,29H,1-2,9,11-13H2. The van der Waals surface area contributed by atoms with E-state index in [4.69, 9.17) is 0 Å². The van der Waals surface area contributed by atoms with E-state index in [0.29, 0.717) is 17.8 Å². The molecule has 0 spiro atoms. The van der Waals surface area contributed by atoms with Gasteiger partial charge in [-0.3, -0.25) is 4.79 Å². The van der Waals surface area contributed by atoms with E-state index in [2.05, 4.69) is 10.3 Å². The van der Waals surface area contributed by atoms with Crippen molar-refractivity contribution < 1.29 is 19.4 Å². The number of rotatable bonds is 6. The predicted molar refractivity (Wildman–Crippen MR) is 108 cm³/mol. The number of fused-ring (bicyclic) bond motifs is 1. The monoisotopic (exact) mass is 397 g/mol. The van der Waals surface area contributed by atoms with Gasteiger partial charge in [0, 0.05) is 12.5 Å². The summed E-state index contributed by atoms with van der Waals surface area (Å²) in [7, 11) is 0. The van der Waals surface area contributed by atoms with Gasteiger partial charge in [-0.1, -0.05) is 18.2 Å². The first kappa shape index (κ1) is 19.7. The summed E-state index contributed by atoms with van der Waals surface area (Å²) >= 11 is 0. The molecule has 0 saturated carbocycles. The van der Waals surface area contributed by atoms with E-state index in [9.17, 15) is 19.4 Å². The van der Waals surface area contributed by atoms with Crippen molar-refractivity contribution in [1.82, 2.24) is 14.9 Å². The number of Topliss-reactive ketones (excluding diaryl/α,β-unsaturated/α-hetero) is 1. The topological polar surface area (TPSA) is 87.4 Å². The Morgan fingerprint density at radius 1 is 1.21 bits per heavy atom. The normalized spacial score (nSPS) is 19.6. The van der Waals surface area contributed by atoms with E-state index in [0.717, 1.165) is 29.6 Å². The van der Waals surface area contributed by atoms with Gasteiger partial charge in [0.2, 0.25) is 0 Å². The fourth-order valence-corrected chi connectivity index (χ4v) is 3.92. The molecule has 1 aromatic heterocycles. The Balaban J connectivity index is 1.62. The van der Waals surface area contributed by atoms with Crippen LogP contribution in [0.25, 0.3) is 22.2 Å². The molecular weight excluding hydrogens is 373 g/mol. The van der Waals surface area contributed by atoms with Crippen LogP contribution in [0.4, 0.5) is 4.39 Å². The van der Waals surface area contributed by atoms with Crippen molar-refractivity contribution in [3.8, 4) is 11.1 Å². The molecule has 1 aliphatic rings. The van der Waals surface area contributed by atoms with Crippen molar-refractivity contribution in [3.63, 3.8) is 0 Å². The molecule has 3 aromatic rings. The number of aromatic nitrogens is 2. The van der Waals surface area contributed by atoms with Crippen LogP contribution in [0, 0.1) is 5.82 Å². The third kappa shape index (κ3) is 4.22. The molecule has 0 radical (unpaired) electrons. The zero-order chi connectivity index (χ0) is 20.4. The van der Waals surface area contributed by atoms with Crippen LogP contribution in [0.15, 0.2) is 42.5 Å². The number of carbonyl (C=O) groups is 1. The number of nitrogens with one attached hydrogen (secondary N) is 1. The summed E-state index contributed by atoms with van der Waals surface area (Å²) in [5.74, 6) is 0.0814. The van der Waals surface area contributed by atoms with E-state index in [1.54, 1.807) is 16.7 Å². The summed E-state index contributed by atoms with van der Waals surface area (Å²) in [6, 6.07) is 11.6. The third-order valence-corrected chi connectivity index (χ3v) is 5.48. The fraction of sp³-hybridized carbons (Fsp3) is 0.364. The number of nitrogens with zero attached hydrogens (tertiary/aromatic N) is 2. The molecule has 2 aromatic carbocycles. The average molecular weight is 397 g/mol. The van der Waals surface area contributed by atoms with Crippen LogP contribution in [0.3, 0.4) is 0 Å². The lowest BCUT2D eigenvalue weighted by atomic mass is 9.97. The Morgan fingerprint density at radius 3 is 2.69 bits per heavy atom. The highest BCUT2D eigenvalue weighted by atomic mass is 19.1. The lowest BCUT2D eigenvalue weighted by Crippen LogP contribution is -2.46. The number of imidazole rings is 1. The summed E-state index contributed by atoms with van der Waals surface area (Å²) in [5, 5.41) is 23.0. The van der Waals surface area contributed by atoms with Gasteiger partial charge >= 0.3 is 0 Å². The molecule has 1 aliphatic heterocycles. The summed E-state index contributed by atoms with van der Waals surface area (Å²) in [6.45, 7) is 0.592. The number of piperidine rings is 1. The Morgan fingerprint density at radius 2 is 1.97 bits per heavy atom. The molecule has 2 unspecified atom stereocenters. The van der Waals surface area contributed by atoms with Gasteiger partial charge in [-0.15, -0.1) is 0 Å². The summed E-state index contributed by atoms with van der Waals surface area (Å²) in [6.07, 6.45) is 1.30. The quantitative estimate of drug-likeness (QED) is 0.595. The molecule has 2 atom stereocenters. The number of benzene rings is 2. The van der Waals surface area contributed by atoms with Crippen LogP contribution in [0.1, 0.15) is 25.1 Å². The molecule has 6 nitrogen and oxygen atoms in total. The summed E-state index contributed by atoms with van der Waals surface area (Å²) in [5.41, 5.74) is 3.15. The second-order valence-electron chi connectivity index (χ2n) is 7.50. The van der Waals surface area contributed by atoms with Gasteiger partial charge in [-0.05, 0) is 54.8 Å². The lowest BCUT2D eigenvalue weighted by molar-refractivity contribution is -0.121. The maximum atomic E-state index is 13.2. The zero-order valence-electron chi connectivity index (χ0n) is 16.0. The number of aliphatic hydroxyl groups excluding tert-OH is 2. The molecule has 4 rings (SSSR count). The van der Waals surface area contributed by atoms with E-state index in [-0.39, 0.29) is 37.2 Å². The van der Waals surface area contributed by atoms with E-state index >= 15 is 0 Å². The van der Waals surface area contributed by atoms with Crippen molar-refractivity contribution in [2.24, 2.45) is 0 Å². The molecule has 1 saturated heterocycles. The van der Waals surface area contributed by atoms with Crippen LogP contribution in [-0.4, -0.2) is 44.2 Å². The van der Waals surface area contributed by atoms with E-state index in [1.807, 2.05) is 18.2 Å². The molecule has 0 aliphatic carbocycles. The van der Waals surface area contributed by atoms with Gasteiger partial charge in [0.1, 0.15) is 18.2 Å².